The molecule has 5 nitrogen and oxygen atoms in total. The summed E-state index contributed by atoms with van der Waals surface area (Å²) >= 11 is 0. The molecule has 1 amide bonds. The Morgan fingerprint density at radius 2 is 1.94 bits per heavy atom. The molecule has 1 aliphatic heterocycles. The Balaban J connectivity index is 1.97. The maximum atomic E-state index is 12.1. The van der Waals surface area contributed by atoms with E-state index in [2.05, 4.69) is 11.9 Å². The van der Waals surface area contributed by atoms with E-state index in [-0.39, 0.29) is 17.7 Å². The molecule has 1 unspecified atom stereocenters. The number of amides is 1. The average molecular weight is 255 g/mol. The van der Waals surface area contributed by atoms with Crippen LogP contribution >= 0.6 is 0 Å². The molecule has 0 spiro atoms. The second-order valence-corrected chi connectivity index (χ2v) is 6.66. The summed E-state index contributed by atoms with van der Waals surface area (Å²) in [6, 6.07) is 0.263. The highest BCUT2D eigenvalue weighted by Gasteiger charge is 2.49. The normalized spacial score (nSPS) is 28.1. The van der Waals surface area contributed by atoms with Crippen LogP contribution in [0.25, 0.3) is 0 Å². The summed E-state index contributed by atoms with van der Waals surface area (Å²) in [5, 5.41) is 0. The number of nitrogens with two attached hydrogens (primary N) is 1. The molecule has 1 aliphatic carbocycles. The van der Waals surface area contributed by atoms with Gasteiger partial charge in [-0.1, -0.05) is 0 Å². The van der Waals surface area contributed by atoms with Crippen LogP contribution in [0.3, 0.4) is 0 Å². The zero-order chi connectivity index (χ0) is 13.6. The highest BCUT2D eigenvalue weighted by Crippen LogP contribution is 2.39. The van der Waals surface area contributed by atoms with Crippen molar-refractivity contribution in [3.8, 4) is 0 Å². The van der Waals surface area contributed by atoms with Crippen LogP contribution in [0, 0.1) is 0 Å². The van der Waals surface area contributed by atoms with Crippen LogP contribution in [0.2, 0.25) is 0 Å². The summed E-state index contributed by atoms with van der Waals surface area (Å²) in [6.07, 6.45) is 1.90. The van der Waals surface area contributed by atoms with Gasteiger partial charge in [0.2, 0.25) is 0 Å². The van der Waals surface area contributed by atoms with Gasteiger partial charge in [0.25, 0.3) is 0 Å². The second-order valence-electron chi connectivity index (χ2n) is 6.66. The standard InChI is InChI=1S/C13H25N3O2/c1-12(2,3)18-11(17)16-8-7-15(4)10(9-16)13(14)5-6-13/h10H,5-9,14H2,1-4H3. The maximum Gasteiger partial charge on any atom is 0.410 e. The topological polar surface area (TPSA) is 58.8 Å². The summed E-state index contributed by atoms with van der Waals surface area (Å²) in [6.45, 7) is 7.94. The van der Waals surface area contributed by atoms with E-state index in [4.69, 9.17) is 10.5 Å². The fourth-order valence-electron chi connectivity index (χ4n) is 2.46. The number of ether oxygens (including phenoxy) is 1. The Hall–Kier alpha value is -0.810. The Bertz CT molecular complexity index is 334. The minimum Gasteiger partial charge on any atom is -0.444 e. The predicted molar refractivity (Wildman–Crippen MR) is 70.4 cm³/mol. The van der Waals surface area contributed by atoms with Crippen molar-refractivity contribution in [3.63, 3.8) is 0 Å². The van der Waals surface area contributed by atoms with Gasteiger partial charge in [-0.15, -0.1) is 0 Å². The number of rotatable bonds is 1. The first kappa shape index (κ1) is 13.6. The van der Waals surface area contributed by atoms with Gasteiger partial charge in [0.1, 0.15) is 5.60 Å². The van der Waals surface area contributed by atoms with Crippen molar-refractivity contribution in [1.82, 2.24) is 9.80 Å². The Labute approximate surface area is 109 Å². The molecule has 1 saturated carbocycles. The summed E-state index contributed by atoms with van der Waals surface area (Å²) in [5.74, 6) is 0. The minimum absolute atomic E-state index is 0.0879. The first-order chi connectivity index (χ1) is 8.21. The third kappa shape index (κ3) is 2.95. The molecule has 1 saturated heterocycles. The van der Waals surface area contributed by atoms with Crippen molar-refractivity contribution >= 4 is 6.09 Å². The molecule has 2 N–H and O–H groups in total. The van der Waals surface area contributed by atoms with Crippen LogP contribution in [0.15, 0.2) is 0 Å². The highest BCUT2D eigenvalue weighted by molar-refractivity contribution is 5.68. The summed E-state index contributed by atoms with van der Waals surface area (Å²) in [5.41, 5.74) is 5.76. The van der Waals surface area contributed by atoms with Gasteiger partial charge in [0, 0.05) is 31.2 Å². The van der Waals surface area contributed by atoms with Crippen LogP contribution in [0.1, 0.15) is 33.6 Å². The van der Waals surface area contributed by atoms with E-state index in [0.29, 0.717) is 6.54 Å². The number of hydrogen-bond acceptors (Lipinski definition) is 4. The molecule has 2 rings (SSSR count). The molecule has 2 fully saturated rings. The van der Waals surface area contributed by atoms with Gasteiger partial charge >= 0.3 is 6.09 Å². The van der Waals surface area contributed by atoms with Crippen molar-refractivity contribution < 1.29 is 9.53 Å². The van der Waals surface area contributed by atoms with Crippen molar-refractivity contribution in [2.75, 3.05) is 26.7 Å². The first-order valence-electron chi connectivity index (χ1n) is 6.68. The molecule has 0 aromatic carbocycles. The van der Waals surface area contributed by atoms with E-state index in [1.165, 1.54) is 0 Å². The van der Waals surface area contributed by atoms with Gasteiger partial charge in [-0.05, 0) is 40.7 Å². The van der Waals surface area contributed by atoms with Gasteiger partial charge < -0.3 is 15.4 Å². The first-order valence-corrected chi connectivity index (χ1v) is 6.68. The molecule has 18 heavy (non-hydrogen) atoms. The maximum absolute atomic E-state index is 12.1. The average Bonchev–Trinajstić information content (AvgIpc) is 2.95. The van der Waals surface area contributed by atoms with Gasteiger partial charge in [0.05, 0.1) is 0 Å². The molecular formula is C13H25N3O2. The lowest BCUT2D eigenvalue weighted by molar-refractivity contribution is 0.00382. The summed E-state index contributed by atoms with van der Waals surface area (Å²) in [4.78, 5) is 16.1. The van der Waals surface area contributed by atoms with E-state index >= 15 is 0 Å². The number of likely N-dealkylation sites (N-methyl/N-ethyl adjacent to an activating group) is 1. The van der Waals surface area contributed by atoms with Crippen LogP contribution in [-0.4, -0.2) is 59.8 Å². The Morgan fingerprint density at radius 3 is 2.44 bits per heavy atom. The Morgan fingerprint density at radius 1 is 1.33 bits per heavy atom. The smallest absolute Gasteiger partial charge is 0.410 e. The minimum atomic E-state index is -0.435. The van der Waals surface area contributed by atoms with E-state index < -0.39 is 5.60 Å². The largest absolute Gasteiger partial charge is 0.444 e. The highest BCUT2D eigenvalue weighted by atomic mass is 16.6. The van der Waals surface area contributed by atoms with Crippen molar-refractivity contribution in [3.05, 3.63) is 0 Å². The fourth-order valence-corrected chi connectivity index (χ4v) is 2.46. The van der Waals surface area contributed by atoms with Crippen molar-refractivity contribution in [2.24, 2.45) is 5.73 Å². The van der Waals surface area contributed by atoms with Gasteiger partial charge in [-0.2, -0.15) is 0 Å². The molecular weight excluding hydrogens is 230 g/mol. The summed E-state index contributed by atoms with van der Waals surface area (Å²) in [7, 11) is 2.09. The zero-order valence-corrected chi connectivity index (χ0v) is 11.9. The monoisotopic (exact) mass is 255 g/mol. The van der Waals surface area contributed by atoms with E-state index in [0.717, 1.165) is 25.9 Å². The molecule has 1 atom stereocenters. The number of carbonyl (C=O) groups is 1. The molecule has 0 aromatic rings. The van der Waals surface area contributed by atoms with Crippen molar-refractivity contribution in [1.29, 1.82) is 0 Å². The molecule has 2 aliphatic rings. The number of piperazine rings is 1. The SMILES string of the molecule is CN1CCN(C(=O)OC(C)(C)C)CC1C1(N)CC1. The van der Waals surface area contributed by atoms with Crippen LogP contribution in [0.5, 0.6) is 0 Å². The van der Waals surface area contributed by atoms with Crippen LogP contribution in [-0.2, 0) is 4.74 Å². The third-order valence-corrected chi connectivity index (χ3v) is 3.79. The van der Waals surface area contributed by atoms with Crippen molar-refractivity contribution in [2.45, 2.75) is 50.8 Å². The zero-order valence-electron chi connectivity index (χ0n) is 11.9. The van der Waals surface area contributed by atoms with Gasteiger partial charge in [-0.25, -0.2) is 4.79 Å². The Kier molecular flexibility index (Phi) is 3.32. The van der Waals surface area contributed by atoms with Gasteiger partial charge in [0.15, 0.2) is 0 Å². The molecule has 0 aromatic heterocycles. The number of carbonyl (C=O) groups excluding carboxylic acids is 1. The third-order valence-electron chi connectivity index (χ3n) is 3.79. The molecule has 104 valence electrons. The molecule has 1 heterocycles. The lowest BCUT2D eigenvalue weighted by Crippen LogP contribution is -2.61. The van der Waals surface area contributed by atoms with E-state index in [1.54, 1.807) is 4.90 Å². The van der Waals surface area contributed by atoms with Crippen LogP contribution < -0.4 is 5.73 Å². The van der Waals surface area contributed by atoms with Gasteiger partial charge in [-0.3, -0.25) is 4.90 Å². The number of nitrogens with zero attached hydrogens (tertiary/aromatic N) is 2. The number of hydrogen-bond donors (Lipinski definition) is 1. The lowest BCUT2D eigenvalue weighted by Gasteiger charge is -2.42. The van der Waals surface area contributed by atoms with E-state index in [9.17, 15) is 4.79 Å². The molecule has 5 heteroatoms. The quantitative estimate of drug-likeness (QED) is 0.760. The fraction of sp³-hybridized carbons (Fsp3) is 0.923. The second kappa shape index (κ2) is 4.38. The lowest BCUT2D eigenvalue weighted by atomic mass is 10.0. The predicted octanol–water partition coefficient (Wildman–Crippen LogP) is 1.03. The van der Waals surface area contributed by atoms with E-state index in [1.807, 2.05) is 20.8 Å². The molecule has 0 bridgehead atoms. The molecule has 0 radical (unpaired) electrons. The summed E-state index contributed by atoms with van der Waals surface area (Å²) < 4.78 is 5.42. The van der Waals surface area contributed by atoms with Crippen LogP contribution in [0.4, 0.5) is 4.79 Å².